The normalized spacial score (nSPS) is 25.6. The van der Waals surface area contributed by atoms with Crippen molar-refractivity contribution in [3.8, 4) is 0 Å². The molecule has 14 heavy (non-hydrogen) atoms. The molecule has 1 N–H and O–H groups in total. The van der Waals surface area contributed by atoms with Gasteiger partial charge in [-0.05, 0) is 32.6 Å². The fourth-order valence-electron chi connectivity index (χ4n) is 1.56. The van der Waals surface area contributed by atoms with Crippen molar-refractivity contribution < 1.29 is 0 Å². The van der Waals surface area contributed by atoms with Crippen LogP contribution in [0.5, 0.6) is 0 Å². The summed E-state index contributed by atoms with van der Waals surface area (Å²) in [5, 5.41) is 11.4. The molecule has 1 fully saturated rings. The Hall–Kier alpha value is -1.19. The lowest BCUT2D eigenvalue weighted by Crippen LogP contribution is -2.37. The Labute approximate surface area is 84.2 Å². The van der Waals surface area contributed by atoms with E-state index in [-0.39, 0.29) is 0 Å². The average molecular weight is 192 g/mol. The topological polar surface area (TPSA) is 50.7 Å². The van der Waals surface area contributed by atoms with Gasteiger partial charge in [-0.1, -0.05) is 6.92 Å². The maximum absolute atomic E-state index is 4.34. The van der Waals surface area contributed by atoms with Gasteiger partial charge in [0.05, 0.1) is 11.4 Å². The third kappa shape index (κ3) is 1.69. The molecule has 1 heterocycles. The van der Waals surface area contributed by atoms with Crippen LogP contribution in [0.2, 0.25) is 0 Å². The molecule has 4 nitrogen and oxygen atoms in total. The minimum absolute atomic E-state index is 0.541. The molecule has 0 amide bonds. The van der Waals surface area contributed by atoms with Crippen molar-refractivity contribution >= 4 is 5.95 Å². The van der Waals surface area contributed by atoms with Crippen LogP contribution < -0.4 is 5.32 Å². The van der Waals surface area contributed by atoms with E-state index in [0.29, 0.717) is 12.0 Å². The number of hydrogen-bond acceptors (Lipinski definition) is 4. The van der Waals surface area contributed by atoms with Gasteiger partial charge in [0.2, 0.25) is 5.95 Å². The first-order valence-electron chi connectivity index (χ1n) is 5.11. The molecular weight excluding hydrogens is 176 g/mol. The highest BCUT2D eigenvalue weighted by Gasteiger charge is 2.27. The molecule has 0 aromatic carbocycles. The first-order valence-corrected chi connectivity index (χ1v) is 5.11. The van der Waals surface area contributed by atoms with E-state index in [1.54, 1.807) is 0 Å². The smallest absolute Gasteiger partial charge is 0.243 e. The number of nitrogens with one attached hydrogen (secondary N) is 1. The largest absolute Gasteiger partial charge is 0.350 e. The molecule has 1 aliphatic rings. The lowest BCUT2D eigenvalue weighted by atomic mass is 9.81. The molecule has 0 bridgehead atoms. The fourth-order valence-corrected chi connectivity index (χ4v) is 1.56. The number of aromatic nitrogens is 3. The lowest BCUT2D eigenvalue weighted by molar-refractivity contribution is 0.302. The van der Waals surface area contributed by atoms with Crippen molar-refractivity contribution in [3.05, 3.63) is 11.4 Å². The molecular formula is C10H16N4. The Balaban J connectivity index is 2.06. The van der Waals surface area contributed by atoms with E-state index >= 15 is 0 Å². The first kappa shape index (κ1) is 9.37. The van der Waals surface area contributed by atoms with Crippen LogP contribution in [0.25, 0.3) is 0 Å². The van der Waals surface area contributed by atoms with Gasteiger partial charge in [0, 0.05) is 6.04 Å². The van der Waals surface area contributed by atoms with Gasteiger partial charge in [0.1, 0.15) is 0 Å². The van der Waals surface area contributed by atoms with Crippen molar-refractivity contribution in [2.45, 2.75) is 39.7 Å². The standard InChI is InChI=1S/C10H16N4/c1-6-4-5-9(6)12-10-11-7(2)8(3)13-14-10/h6,9H,4-5H2,1-3H3,(H,11,12,14). The number of hydrogen-bond donors (Lipinski definition) is 1. The fraction of sp³-hybridized carbons (Fsp3) is 0.700. The Morgan fingerprint density at radius 2 is 1.93 bits per heavy atom. The van der Waals surface area contributed by atoms with Crippen LogP contribution in [0.15, 0.2) is 0 Å². The number of aryl methyl sites for hydroxylation is 2. The van der Waals surface area contributed by atoms with Crippen LogP contribution in [-0.2, 0) is 0 Å². The molecule has 0 saturated heterocycles. The second-order valence-corrected chi connectivity index (χ2v) is 4.11. The van der Waals surface area contributed by atoms with E-state index in [2.05, 4.69) is 27.4 Å². The van der Waals surface area contributed by atoms with E-state index < -0.39 is 0 Å². The molecule has 1 saturated carbocycles. The van der Waals surface area contributed by atoms with Crippen molar-refractivity contribution in [1.82, 2.24) is 15.2 Å². The van der Waals surface area contributed by atoms with Crippen LogP contribution in [0, 0.1) is 19.8 Å². The molecule has 0 spiro atoms. The Morgan fingerprint density at radius 3 is 2.43 bits per heavy atom. The maximum Gasteiger partial charge on any atom is 0.243 e. The van der Waals surface area contributed by atoms with Crippen molar-refractivity contribution in [3.63, 3.8) is 0 Å². The van der Waals surface area contributed by atoms with Gasteiger partial charge in [-0.3, -0.25) is 0 Å². The zero-order valence-electron chi connectivity index (χ0n) is 8.91. The van der Waals surface area contributed by atoms with Gasteiger partial charge in [0.25, 0.3) is 0 Å². The highest BCUT2D eigenvalue weighted by molar-refractivity contribution is 5.27. The first-order chi connectivity index (χ1) is 6.66. The van der Waals surface area contributed by atoms with E-state index in [1.807, 2.05) is 13.8 Å². The number of rotatable bonds is 2. The predicted molar refractivity (Wildman–Crippen MR) is 55.1 cm³/mol. The third-order valence-electron chi connectivity index (χ3n) is 3.03. The summed E-state index contributed by atoms with van der Waals surface area (Å²) in [6.45, 7) is 6.13. The molecule has 1 aromatic rings. The number of anilines is 1. The lowest BCUT2D eigenvalue weighted by Gasteiger charge is -2.34. The monoisotopic (exact) mass is 192 g/mol. The van der Waals surface area contributed by atoms with Gasteiger partial charge in [-0.15, -0.1) is 5.10 Å². The second-order valence-electron chi connectivity index (χ2n) is 4.11. The minimum atomic E-state index is 0.541. The van der Waals surface area contributed by atoms with E-state index in [4.69, 9.17) is 0 Å². The summed E-state index contributed by atoms with van der Waals surface area (Å²) in [5.74, 6) is 1.41. The summed E-state index contributed by atoms with van der Waals surface area (Å²) >= 11 is 0. The molecule has 2 unspecified atom stereocenters. The average Bonchev–Trinajstić information content (AvgIpc) is 2.17. The van der Waals surface area contributed by atoms with Crippen LogP contribution in [0.1, 0.15) is 31.2 Å². The summed E-state index contributed by atoms with van der Waals surface area (Å²) in [6, 6.07) is 0.541. The van der Waals surface area contributed by atoms with E-state index in [9.17, 15) is 0 Å². The minimum Gasteiger partial charge on any atom is -0.350 e. The Morgan fingerprint density at radius 1 is 1.14 bits per heavy atom. The zero-order chi connectivity index (χ0) is 10.1. The van der Waals surface area contributed by atoms with Gasteiger partial charge in [-0.25, -0.2) is 4.98 Å². The predicted octanol–water partition coefficient (Wildman–Crippen LogP) is 1.70. The van der Waals surface area contributed by atoms with Crippen LogP contribution in [-0.4, -0.2) is 21.2 Å². The van der Waals surface area contributed by atoms with Gasteiger partial charge >= 0.3 is 0 Å². The molecule has 4 heteroatoms. The summed E-state index contributed by atoms with van der Waals surface area (Å²) < 4.78 is 0. The van der Waals surface area contributed by atoms with Gasteiger partial charge < -0.3 is 5.32 Å². The summed E-state index contributed by atoms with van der Waals surface area (Å²) in [4.78, 5) is 4.34. The molecule has 2 rings (SSSR count). The van der Waals surface area contributed by atoms with Crippen LogP contribution >= 0.6 is 0 Å². The Kier molecular flexibility index (Phi) is 2.35. The van der Waals surface area contributed by atoms with Gasteiger partial charge in [-0.2, -0.15) is 5.10 Å². The van der Waals surface area contributed by atoms with Gasteiger partial charge in [0.15, 0.2) is 0 Å². The molecule has 1 aliphatic carbocycles. The molecule has 2 atom stereocenters. The third-order valence-corrected chi connectivity index (χ3v) is 3.03. The number of nitrogens with zero attached hydrogens (tertiary/aromatic N) is 3. The van der Waals surface area contributed by atoms with Crippen molar-refractivity contribution in [1.29, 1.82) is 0 Å². The maximum atomic E-state index is 4.34. The SMILES string of the molecule is Cc1nnc(NC2CCC2C)nc1C. The summed E-state index contributed by atoms with van der Waals surface area (Å²) in [5.41, 5.74) is 1.85. The molecule has 0 aliphatic heterocycles. The summed E-state index contributed by atoms with van der Waals surface area (Å²) in [6.07, 6.45) is 2.52. The van der Waals surface area contributed by atoms with Crippen LogP contribution in [0.3, 0.4) is 0 Å². The molecule has 1 aromatic heterocycles. The van der Waals surface area contributed by atoms with Crippen molar-refractivity contribution in [2.24, 2.45) is 5.92 Å². The summed E-state index contributed by atoms with van der Waals surface area (Å²) in [7, 11) is 0. The highest BCUT2D eigenvalue weighted by atomic mass is 15.2. The Bertz CT molecular complexity index is 337. The molecule has 0 radical (unpaired) electrons. The molecule has 76 valence electrons. The zero-order valence-corrected chi connectivity index (χ0v) is 8.91. The van der Waals surface area contributed by atoms with E-state index in [0.717, 1.165) is 17.3 Å². The quantitative estimate of drug-likeness (QED) is 0.774. The van der Waals surface area contributed by atoms with Crippen LogP contribution in [0.4, 0.5) is 5.95 Å². The van der Waals surface area contributed by atoms with Crippen molar-refractivity contribution in [2.75, 3.05) is 5.32 Å². The second kappa shape index (κ2) is 3.52. The van der Waals surface area contributed by atoms with E-state index in [1.165, 1.54) is 12.8 Å². The highest BCUT2D eigenvalue weighted by Crippen LogP contribution is 2.28.